The molecular weight excluding hydrogens is 599 g/mol. The van der Waals surface area contributed by atoms with Crippen molar-refractivity contribution in [3.05, 3.63) is 48.2 Å². The number of benzene rings is 2. The maximum Gasteiger partial charge on any atom is 0.406 e. The quantitative estimate of drug-likeness (QED) is 0.204. The van der Waals surface area contributed by atoms with Gasteiger partial charge in [-0.15, -0.1) is 0 Å². The predicted molar refractivity (Wildman–Crippen MR) is 163 cm³/mol. The smallest absolute Gasteiger partial charge is 0.406 e. The van der Waals surface area contributed by atoms with Gasteiger partial charge >= 0.3 is 6.18 Å². The number of rotatable bonds is 12. The molecule has 0 unspecified atom stereocenters. The minimum atomic E-state index is -4.47. The van der Waals surface area contributed by atoms with Gasteiger partial charge in [0.15, 0.2) is 9.84 Å². The topological polar surface area (TPSA) is 128 Å². The number of amides is 1. The Bertz CT molecular complexity index is 1640. The zero-order valence-electron chi connectivity index (χ0n) is 24.5. The number of hydrogen-bond acceptors (Lipinski definition) is 8. The van der Waals surface area contributed by atoms with Gasteiger partial charge in [-0.05, 0) is 49.1 Å². The van der Waals surface area contributed by atoms with Crippen LogP contribution >= 0.6 is 0 Å². The molecule has 4 N–H and O–H groups in total. The fraction of sp³-hybridized carbons (Fsp3) is 0.433. The third-order valence-electron chi connectivity index (χ3n) is 7.12. The molecule has 14 heteroatoms. The molecule has 1 fully saturated rings. The number of carbonyl (C=O) groups is 1. The first-order chi connectivity index (χ1) is 20.8. The highest BCUT2D eigenvalue weighted by Crippen LogP contribution is 2.32. The van der Waals surface area contributed by atoms with Gasteiger partial charge in [0.05, 0.1) is 41.5 Å². The van der Waals surface area contributed by atoms with Gasteiger partial charge < -0.3 is 30.4 Å². The van der Waals surface area contributed by atoms with Crippen LogP contribution in [0.4, 0.5) is 24.5 Å². The molecule has 238 valence electrons. The van der Waals surface area contributed by atoms with Gasteiger partial charge in [-0.25, -0.2) is 8.42 Å². The number of likely N-dealkylation sites (tertiary alicyclic amines) is 1. The van der Waals surface area contributed by atoms with Crippen LogP contribution in [0.15, 0.2) is 47.4 Å². The summed E-state index contributed by atoms with van der Waals surface area (Å²) in [4.78, 5) is 13.3. The molecule has 1 saturated heterocycles. The SMILES string of the molecule is COCCOc1cc(S(C)(=O)=O)ccc1NCC#Cc1cc2c(NC3CCN(CC(N)=O)CC3)cccc2n1CC(F)(F)F. The number of fused-ring (bicyclic) bond motifs is 1. The van der Waals surface area contributed by atoms with Crippen LogP contribution in [-0.4, -0.2) is 88.8 Å². The molecule has 1 aromatic heterocycles. The zero-order chi connectivity index (χ0) is 31.9. The second-order valence-corrected chi connectivity index (χ2v) is 12.6. The van der Waals surface area contributed by atoms with Crippen molar-refractivity contribution in [2.75, 3.05) is 63.4 Å². The van der Waals surface area contributed by atoms with Gasteiger partial charge in [0.1, 0.15) is 18.9 Å². The Kier molecular flexibility index (Phi) is 10.7. The van der Waals surface area contributed by atoms with E-state index in [1.54, 1.807) is 24.3 Å². The summed E-state index contributed by atoms with van der Waals surface area (Å²) in [5, 5.41) is 7.15. The van der Waals surface area contributed by atoms with E-state index in [-0.39, 0.29) is 54.6 Å². The van der Waals surface area contributed by atoms with Crippen LogP contribution < -0.4 is 21.1 Å². The Balaban J connectivity index is 1.55. The molecule has 0 bridgehead atoms. The molecule has 4 rings (SSSR count). The highest BCUT2D eigenvalue weighted by atomic mass is 32.2. The Morgan fingerprint density at radius 3 is 2.52 bits per heavy atom. The van der Waals surface area contributed by atoms with Crippen LogP contribution in [0.5, 0.6) is 5.75 Å². The van der Waals surface area contributed by atoms with E-state index in [1.807, 2.05) is 11.0 Å². The van der Waals surface area contributed by atoms with E-state index in [4.69, 9.17) is 15.2 Å². The molecule has 44 heavy (non-hydrogen) atoms. The zero-order valence-corrected chi connectivity index (χ0v) is 25.4. The highest BCUT2D eigenvalue weighted by molar-refractivity contribution is 7.90. The van der Waals surface area contributed by atoms with Crippen LogP contribution in [0.2, 0.25) is 0 Å². The minimum Gasteiger partial charge on any atom is -0.489 e. The molecule has 0 aliphatic carbocycles. The van der Waals surface area contributed by atoms with Gasteiger partial charge in [-0.1, -0.05) is 12.0 Å². The Morgan fingerprint density at radius 1 is 1.11 bits per heavy atom. The highest BCUT2D eigenvalue weighted by Gasteiger charge is 2.30. The van der Waals surface area contributed by atoms with Crippen LogP contribution in [0.3, 0.4) is 0 Å². The monoisotopic (exact) mass is 635 g/mol. The van der Waals surface area contributed by atoms with E-state index in [2.05, 4.69) is 22.5 Å². The molecule has 1 amide bonds. The first-order valence-electron chi connectivity index (χ1n) is 14.0. The summed E-state index contributed by atoms with van der Waals surface area (Å²) in [5.74, 6) is 5.67. The lowest BCUT2D eigenvalue weighted by Gasteiger charge is -2.32. The van der Waals surface area contributed by atoms with Gasteiger partial charge in [-0.2, -0.15) is 13.2 Å². The van der Waals surface area contributed by atoms with E-state index >= 15 is 0 Å². The largest absolute Gasteiger partial charge is 0.489 e. The fourth-order valence-corrected chi connectivity index (χ4v) is 5.68. The average Bonchev–Trinajstić information content (AvgIpc) is 3.28. The number of anilines is 2. The molecule has 0 saturated carbocycles. The van der Waals surface area contributed by atoms with Crippen molar-refractivity contribution in [1.82, 2.24) is 9.47 Å². The van der Waals surface area contributed by atoms with E-state index in [9.17, 15) is 26.4 Å². The summed E-state index contributed by atoms with van der Waals surface area (Å²) in [6.07, 6.45) is -1.86. The number of hydrogen-bond donors (Lipinski definition) is 3. The summed E-state index contributed by atoms with van der Waals surface area (Å²) in [6, 6.07) is 11.3. The van der Waals surface area contributed by atoms with E-state index in [0.717, 1.165) is 23.7 Å². The Labute approximate surface area is 254 Å². The number of nitrogens with two attached hydrogens (primary N) is 1. The number of piperidine rings is 1. The molecule has 1 aliphatic rings. The van der Waals surface area contributed by atoms with E-state index in [1.165, 1.54) is 19.2 Å². The number of alkyl halides is 3. The van der Waals surface area contributed by atoms with Crippen molar-refractivity contribution in [1.29, 1.82) is 0 Å². The minimum absolute atomic E-state index is 0.0569. The van der Waals surface area contributed by atoms with Crippen LogP contribution in [-0.2, 0) is 25.9 Å². The van der Waals surface area contributed by atoms with Crippen molar-refractivity contribution < 1.29 is 35.9 Å². The second kappa shape index (κ2) is 14.2. The number of halogens is 3. The second-order valence-electron chi connectivity index (χ2n) is 10.6. The molecule has 10 nitrogen and oxygen atoms in total. The van der Waals surface area contributed by atoms with Crippen LogP contribution in [0.1, 0.15) is 18.5 Å². The third kappa shape index (κ3) is 9.04. The van der Waals surface area contributed by atoms with Gasteiger partial charge in [0.2, 0.25) is 5.91 Å². The van der Waals surface area contributed by atoms with Crippen molar-refractivity contribution in [2.45, 2.75) is 36.5 Å². The number of aromatic nitrogens is 1. The molecule has 0 atom stereocenters. The molecule has 1 aliphatic heterocycles. The summed E-state index contributed by atoms with van der Waals surface area (Å²) in [5.41, 5.74) is 7.10. The van der Waals surface area contributed by atoms with Crippen LogP contribution in [0, 0.1) is 11.8 Å². The number of ether oxygens (including phenoxy) is 2. The number of sulfone groups is 1. The summed E-state index contributed by atoms with van der Waals surface area (Å²) >= 11 is 0. The van der Waals surface area contributed by atoms with Crippen molar-refractivity contribution in [2.24, 2.45) is 5.73 Å². The standard InChI is InChI=1S/C30H36F3N5O5S/c1-42-15-16-43-28-18-23(44(2,40)41)8-9-26(28)35-12-4-5-22-17-24-25(6-3-7-27(24)38(22)20-30(31,32)33)36-21-10-13-37(14-11-21)19-29(34)39/h3,6-9,17-18,21,35-36H,10-16,19-20H2,1-2H3,(H2,34,39). The fourth-order valence-electron chi connectivity index (χ4n) is 5.05. The summed E-state index contributed by atoms with van der Waals surface area (Å²) < 4.78 is 76.7. The van der Waals surface area contributed by atoms with Crippen molar-refractivity contribution in [3.63, 3.8) is 0 Å². The lowest BCUT2D eigenvalue weighted by Crippen LogP contribution is -2.42. The molecule has 3 aromatic rings. The average molecular weight is 636 g/mol. The van der Waals surface area contributed by atoms with Crippen molar-refractivity contribution in [3.8, 4) is 17.6 Å². The molecular formula is C30H36F3N5O5S. The van der Waals surface area contributed by atoms with E-state index in [0.29, 0.717) is 35.4 Å². The van der Waals surface area contributed by atoms with Crippen molar-refractivity contribution >= 4 is 38.0 Å². The Hall–Kier alpha value is -3.93. The normalized spacial score (nSPS) is 14.7. The summed E-state index contributed by atoms with van der Waals surface area (Å²) in [6.45, 7) is 0.904. The predicted octanol–water partition coefficient (Wildman–Crippen LogP) is 3.46. The summed E-state index contributed by atoms with van der Waals surface area (Å²) in [7, 11) is -1.96. The number of primary amides is 1. The molecule has 2 heterocycles. The van der Waals surface area contributed by atoms with Gasteiger partial charge in [0, 0.05) is 49.6 Å². The maximum atomic E-state index is 13.6. The first kappa shape index (κ1) is 33.0. The van der Waals surface area contributed by atoms with Gasteiger partial charge in [-0.3, -0.25) is 9.69 Å². The van der Waals surface area contributed by atoms with Crippen LogP contribution in [0.25, 0.3) is 10.9 Å². The number of nitrogens with one attached hydrogen (secondary N) is 2. The Morgan fingerprint density at radius 2 is 1.86 bits per heavy atom. The molecule has 0 spiro atoms. The van der Waals surface area contributed by atoms with E-state index < -0.39 is 22.6 Å². The lowest BCUT2D eigenvalue weighted by atomic mass is 10.0. The molecule has 0 radical (unpaired) electrons. The maximum absolute atomic E-state index is 13.6. The van der Waals surface area contributed by atoms with Gasteiger partial charge in [0.25, 0.3) is 0 Å². The number of nitrogens with zero attached hydrogens (tertiary/aromatic N) is 2. The third-order valence-corrected chi connectivity index (χ3v) is 8.23. The number of methoxy groups -OCH3 is 1. The molecule has 2 aromatic carbocycles. The lowest BCUT2D eigenvalue weighted by molar-refractivity contribution is -0.140. The number of carbonyl (C=O) groups excluding carboxylic acids is 1. The first-order valence-corrected chi connectivity index (χ1v) is 15.9.